The van der Waals surface area contributed by atoms with Gasteiger partial charge in [-0.1, -0.05) is 62.4 Å². The minimum Gasteiger partial charge on any atom is -0.436 e. The number of para-hydroxylation sites is 1. The van der Waals surface area contributed by atoms with E-state index in [-0.39, 0.29) is 42.7 Å². The van der Waals surface area contributed by atoms with Crippen LogP contribution >= 0.6 is 0 Å². The van der Waals surface area contributed by atoms with E-state index in [1.54, 1.807) is 24.3 Å². The molecule has 3 atom stereocenters. The zero-order chi connectivity index (χ0) is 29.6. The molecule has 1 heterocycles. The number of anilines is 2. The van der Waals surface area contributed by atoms with Crippen LogP contribution in [0.3, 0.4) is 0 Å². The predicted molar refractivity (Wildman–Crippen MR) is 158 cm³/mol. The van der Waals surface area contributed by atoms with E-state index in [4.69, 9.17) is 10.5 Å². The van der Waals surface area contributed by atoms with Crippen LogP contribution in [0.1, 0.15) is 25.8 Å². The van der Waals surface area contributed by atoms with Crippen LogP contribution in [0.25, 0.3) is 0 Å². The van der Waals surface area contributed by atoms with E-state index >= 15 is 0 Å². The Labute approximate surface area is 241 Å². The van der Waals surface area contributed by atoms with Crippen molar-refractivity contribution in [1.82, 2.24) is 4.31 Å². The standard InChI is InChI=1S/C31H37N3O6S/c1-22(2)19-33(41(38,39)27-15-13-25(32)14-16-27)20-29(36)24(17-23-9-5-3-6-10-23)18-28(35)30-21-34(31(37)40-30)26-11-7-4-8-12-26/h3-16,22,24,29-30,36H,17-21,32H2,1-2H3/t24-,29-,30+/m1/s1. The SMILES string of the molecule is CC(C)CN(C[C@@H](O)[C@@H](CC(=O)[C@@H]1CN(c2ccccc2)C(=O)O1)Cc1ccccc1)S(=O)(=O)c1ccc(N)cc1. The van der Waals surface area contributed by atoms with Crippen LogP contribution in [0.2, 0.25) is 0 Å². The molecule has 4 rings (SSSR count). The summed E-state index contributed by atoms with van der Waals surface area (Å²) < 4.78 is 33.8. The summed E-state index contributed by atoms with van der Waals surface area (Å²) >= 11 is 0. The number of aliphatic hydroxyl groups excluding tert-OH is 1. The molecule has 3 aromatic carbocycles. The Bertz CT molecular complexity index is 1420. The molecule has 3 N–H and O–H groups in total. The van der Waals surface area contributed by atoms with E-state index in [2.05, 4.69) is 0 Å². The second-order valence-corrected chi connectivity index (χ2v) is 12.7. The molecule has 10 heteroatoms. The smallest absolute Gasteiger partial charge is 0.415 e. The van der Waals surface area contributed by atoms with E-state index in [0.717, 1.165) is 5.56 Å². The predicted octanol–water partition coefficient (Wildman–Crippen LogP) is 4.12. The number of hydrogen-bond donors (Lipinski definition) is 2. The lowest BCUT2D eigenvalue weighted by Crippen LogP contribution is -2.43. The number of aliphatic hydroxyl groups is 1. The van der Waals surface area contributed by atoms with Gasteiger partial charge in [-0.25, -0.2) is 13.2 Å². The van der Waals surface area contributed by atoms with Gasteiger partial charge in [0.05, 0.1) is 17.5 Å². The van der Waals surface area contributed by atoms with Crippen molar-refractivity contribution in [1.29, 1.82) is 0 Å². The zero-order valence-corrected chi connectivity index (χ0v) is 24.1. The summed E-state index contributed by atoms with van der Waals surface area (Å²) in [6.07, 6.45) is -2.50. The van der Waals surface area contributed by atoms with Crippen molar-refractivity contribution in [3.63, 3.8) is 0 Å². The molecule has 0 aliphatic carbocycles. The Kier molecular flexibility index (Phi) is 9.80. The fourth-order valence-corrected chi connectivity index (χ4v) is 6.55. The lowest BCUT2D eigenvalue weighted by Gasteiger charge is -2.30. The molecule has 1 fully saturated rings. The van der Waals surface area contributed by atoms with Gasteiger partial charge in [0, 0.05) is 30.9 Å². The molecule has 0 unspecified atom stereocenters. The third kappa shape index (κ3) is 7.72. The molecule has 0 aromatic heterocycles. The lowest BCUT2D eigenvalue weighted by atomic mass is 9.88. The Balaban J connectivity index is 1.54. The topological polar surface area (TPSA) is 130 Å². The summed E-state index contributed by atoms with van der Waals surface area (Å²) in [6.45, 7) is 3.85. The molecule has 1 amide bonds. The summed E-state index contributed by atoms with van der Waals surface area (Å²) in [6, 6.07) is 24.3. The summed E-state index contributed by atoms with van der Waals surface area (Å²) in [5.74, 6) is -0.957. The number of nitrogen functional groups attached to an aromatic ring is 1. The minimum atomic E-state index is -3.95. The summed E-state index contributed by atoms with van der Waals surface area (Å²) in [7, 11) is -3.95. The number of carbonyl (C=O) groups excluding carboxylic acids is 2. The van der Waals surface area contributed by atoms with E-state index < -0.39 is 34.2 Å². The third-order valence-electron chi connectivity index (χ3n) is 7.06. The average molecular weight is 580 g/mol. The van der Waals surface area contributed by atoms with E-state index in [1.165, 1.54) is 33.5 Å². The molecule has 0 bridgehead atoms. The first-order valence-corrected chi connectivity index (χ1v) is 15.1. The quantitative estimate of drug-likeness (QED) is 0.291. The molecule has 0 saturated carbocycles. The zero-order valence-electron chi connectivity index (χ0n) is 23.3. The van der Waals surface area contributed by atoms with Crippen molar-refractivity contribution >= 4 is 33.3 Å². The van der Waals surface area contributed by atoms with Gasteiger partial charge in [-0.05, 0) is 60.2 Å². The van der Waals surface area contributed by atoms with Gasteiger partial charge in [-0.2, -0.15) is 4.31 Å². The molecular weight excluding hydrogens is 542 g/mol. The number of amides is 1. The van der Waals surface area contributed by atoms with Crippen LogP contribution in [-0.4, -0.2) is 61.5 Å². The molecule has 1 saturated heterocycles. The van der Waals surface area contributed by atoms with Crippen LogP contribution in [0.15, 0.2) is 89.8 Å². The van der Waals surface area contributed by atoms with Gasteiger partial charge in [0.15, 0.2) is 11.9 Å². The average Bonchev–Trinajstić information content (AvgIpc) is 3.35. The molecule has 1 aliphatic rings. The maximum atomic E-state index is 13.6. The van der Waals surface area contributed by atoms with Crippen LogP contribution < -0.4 is 10.6 Å². The molecule has 0 radical (unpaired) electrons. The maximum absolute atomic E-state index is 13.6. The summed E-state index contributed by atoms with van der Waals surface area (Å²) in [5.41, 5.74) is 7.73. The molecule has 1 aliphatic heterocycles. The van der Waals surface area contributed by atoms with Gasteiger partial charge in [0.25, 0.3) is 0 Å². The number of hydrogen-bond acceptors (Lipinski definition) is 7. The number of nitrogens with two attached hydrogens (primary N) is 1. The summed E-state index contributed by atoms with van der Waals surface area (Å²) in [4.78, 5) is 27.5. The van der Waals surface area contributed by atoms with Crippen molar-refractivity contribution in [3.8, 4) is 0 Å². The highest BCUT2D eigenvalue weighted by Gasteiger charge is 2.39. The van der Waals surface area contributed by atoms with Gasteiger partial charge >= 0.3 is 6.09 Å². The number of carbonyl (C=O) groups is 2. The largest absolute Gasteiger partial charge is 0.436 e. The highest BCUT2D eigenvalue weighted by molar-refractivity contribution is 7.89. The maximum Gasteiger partial charge on any atom is 0.415 e. The van der Waals surface area contributed by atoms with Crippen molar-refractivity contribution in [2.45, 2.75) is 43.8 Å². The van der Waals surface area contributed by atoms with Crippen molar-refractivity contribution in [2.24, 2.45) is 11.8 Å². The number of ketones is 1. The summed E-state index contributed by atoms with van der Waals surface area (Å²) in [5, 5.41) is 11.5. The highest BCUT2D eigenvalue weighted by atomic mass is 32.2. The van der Waals surface area contributed by atoms with E-state index in [9.17, 15) is 23.1 Å². The molecule has 9 nitrogen and oxygen atoms in total. The molecule has 41 heavy (non-hydrogen) atoms. The fourth-order valence-electron chi connectivity index (χ4n) is 4.92. The fraction of sp³-hybridized carbons (Fsp3) is 0.355. The molecule has 218 valence electrons. The number of rotatable bonds is 13. The van der Waals surface area contributed by atoms with Crippen molar-refractivity contribution in [3.05, 3.63) is 90.5 Å². The van der Waals surface area contributed by atoms with Crippen molar-refractivity contribution in [2.75, 3.05) is 30.3 Å². The van der Waals surface area contributed by atoms with Crippen LogP contribution in [0.5, 0.6) is 0 Å². The van der Waals surface area contributed by atoms with Gasteiger partial charge in [0.1, 0.15) is 0 Å². The van der Waals surface area contributed by atoms with E-state index in [0.29, 0.717) is 17.8 Å². The van der Waals surface area contributed by atoms with Crippen LogP contribution in [0.4, 0.5) is 16.2 Å². The molecule has 3 aromatic rings. The van der Waals surface area contributed by atoms with Gasteiger partial charge in [-0.3, -0.25) is 9.69 Å². The number of sulfonamides is 1. The number of Topliss-reactive ketones (excluding diaryl/α,β-unsaturated/α-hetero) is 1. The van der Waals surface area contributed by atoms with Gasteiger partial charge < -0.3 is 15.6 Å². The number of ether oxygens (including phenoxy) is 1. The monoisotopic (exact) mass is 579 g/mol. The minimum absolute atomic E-state index is 0.0122. The Morgan fingerprint density at radius 3 is 2.22 bits per heavy atom. The van der Waals surface area contributed by atoms with Gasteiger partial charge in [0.2, 0.25) is 10.0 Å². The number of nitrogens with zero attached hydrogens (tertiary/aromatic N) is 2. The first kappa shape index (κ1) is 30.2. The first-order valence-electron chi connectivity index (χ1n) is 13.7. The molecule has 0 spiro atoms. The van der Waals surface area contributed by atoms with Gasteiger partial charge in [-0.15, -0.1) is 0 Å². The van der Waals surface area contributed by atoms with Crippen LogP contribution in [-0.2, 0) is 26.0 Å². The highest BCUT2D eigenvalue weighted by Crippen LogP contribution is 2.26. The number of benzene rings is 3. The third-order valence-corrected chi connectivity index (χ3v) is 8.91. The second kappa shape index (κ2) is 13.3. The van der Waals surface area contributed by atoms with Crippen molar-refractivity contribution < 1.29 is 27.9 Å². The lowest BCUT2D eigenvalue weighted by molar-refractivity contribution is -0.127. The normalized spacial score (nSPS) is 17.0. The Morgan fingerprint density at radius 1 is 1.00 bits per heavy atom. The number of cyclic esters (lactones) is 1. The van der Waals surface area contributed by atoms with Crippen LogP contribution in [0, 0.1) is 11.8 Å². The first-order chi connectivity index (χ1) is 19.5. The molecular formula is C31H37N3O6S. The Morgan fingerprint density at radius 2 is 1.61 bits per heavy atom. The van der Waals surface area contributed by atoms with E-state index in [1.807, 2.05) is 50.2 Å². The Hall–Kier alpha value is -3.73. The second-order valence-electron chi connectivity index (χ2n) is 10.8.